The van der Waals surface area contributed by atoms with E-state index < -0.39 is 6.10 Å². The minimum absolute atomic E-state index is 0.0824. The Labute approximate surface area is 147 Å². The highest BCUT2D eigenvalue weighted by Gasteiger charge is 2.13. The molecule has 2 aromatic rings. The minimum Gasteiger partial charge on any atom is -0.493 e. The summed E-state index contributed by atoms with van der Waals surface area (Å²) in [5.41, 5.74) is 1.41. The van der Waals surface area contributed by atoms with Crippen molar-refractivity contribution in [3.05, 3.63) is 53.6 Å². The van der Waals surface area contributed by atoms with E-state index in [1.54, 1.807) is 18.2 Å². The summed E-state index contributed by atoms with van der Waals surface area (Å²) in [4.78, 5) is 12.2. The highest BCUT2D eigenvalue weighted by Crippen LogP contribution is 2.27. The molecule has 2 aromatic carbocycles. The molecule has 1 atom stereocenters. The van der Waals surface area contributed by atoms with Gasteiger partial charge in [0.2, 0.25) is 0 Å². The fourth-order valence-corrected chi connectivity index (χ4v) is 2.25. The summed E-state index contributed by atoms with van der Waals surface area (Å²) in [6.45, 7) is 2.11. The largest absolute Gasteiger partial charge is 0.493 e. The van der Waals surface area contributed by atoms with Crippen molar-refractivity contribution in [3.8, 4) is 17.2 Å². The zero-order valence-corrected chi connectivity index (χ0v) is 14.6. The third-order valence-electron chi connectivity index (χ3n) is 3.67. The topological polar surface area (TPSA) is 77.0 Å². The molecule has 0 aliphatic heterocycles. The van der Waals surface area contributed by atoms with Crippen LogP contribution in [0.5, 0.6) is 17.2 Å². The maximum Gasteiger partial charge on any atom is 0.251 e. The van der Waals surface area contributed by atoms with Crippen molar-refractivity contribution in [2.75, 3.05) is 27.4 Å². The van der Waals surface area contributed by atoms with Crippen molar-refractivity contribution in [3.63, 3.8) is 0 Å². The van der Waals surface area contributed by atoms with Crippen LogP contribution in [-0.2, 0) is 0 Å². The van der Waals surface area contributed by atoms with Crippen LogP contribution < -0.4 is 19.5 Å². The molecule has 134 valence electrons. The molecule has 0 aliphatic rings. The average Bonchev–Trinajstić information content (AvgIpc) is 2.64. The van der Waals surface area contributed by atoms with Crippen LogP contribution >= 0.6 is 0 Å². The summed E-state index contributed by atoms with van der Waals surface area (Å²) in [6, 6.07) is 12.4. The first-order valence-corrected chi connectivity index (χ1v) is 7.92. The van der Waals surface area contributed by atoms with E-state index in [0.717, 1.165) is 5.56 Å². The van der Waals surface area contributed by atoms with Crippen LogP contribution in [0.4, 0.5) is 0 Å². The number of hydrogen-bond donors (Lipinski definition) is 2. The molecule has 0 aliphatic carbocycles. The predicted octanol–water partition coefficient (Wildman–Crippen LogP) is 2.18. The fraction of sp³-hybridized carbons (Fsp3) is 0.316. The van der Waals surface area contributed by atoms with Gasteiger partial charge in [-0.1, -0.05) is 18.2 Å². The quantitative estimate of drug-likeness (QED) is 0.767. The summed E-state index contributed by atoms with van der Waals surface area (Å²) in [7, 11) is 3.04. The van der Waals surface area contributed by atoms with Gasteiger partial charge in [0.1, 0.15) is 18.5 Å². The number of nitrogens with one attached hydrogen (secondary N) is 1. The number of aliphatic hydroxyl groups is 1. The van der Waals surface area contributed by atoms with Gasteiger partial charge in [-0.25, -0.2) is 0 Å². The molecule has 25 heavy (non-hydrogen) atoms. The summed E-state index contributed by atoms with van der Waals surface area (Å²) < 4.78 is 15.9. The van der Waals surface area contributed by atoms with Crippen molar-refractivity contribution >= 4 is 5.91 Å². The zero-order valence-electron chi connectivity index (χ0n) is 14.6. The van der Waals surface area contributed by atoms with E-state index in [1.807, 2.05) is 31.2 Å². The SMILES string of the molecule is COc1ccc(C(=O)NCC(O)COc2ccccc2C)cc1OC. The number of hydrogen-bond acceptors (Lipinski definition) is 5. The number of benzene rings is 2. The monoisotopic (exact) mass is 345 g/mol. The number of carbonyl (C=O) groups is 1. The van der Waals surface area contributed by atoms with E-state index in [4.69, 9.17) is 14.2 Å². The Morgan fingerprint density at radius 3 is 2.48 bits per heavy atom. The third-order valence-corrected chi connectivity index (χ3v) is 3.67. The Morgan fingerprint density at radius 1 is 1.08 bits per heavy atom. The zero-order chi connectivity index (χ0) is 18.2. The van der Waals surface area contributed by atoms with Crippen LogP contribution in [0.1, 0.15) is 15.9 Å². The third kappa shape index (κ3) is 5.12. The van der Waals surface area contributed by atoms with Gasteiger partial charge in [-0.2, -0.15) is 0 Å². The van der Waals surface area contributed by atoms with Gasteiger partial charge in [0.15, 0.2) is 11.5 Å². The average molecular weight is 345 g/mol. The highest BCUT2D eigenvalue weighted by atomic mass is 16.5. The van der Waals surface area contributed by atoms with Crippen molar-refractivity contribution in [2.24, 2.45) is 0 Å². The van der Waals surface area contributed by atoms with E-state index in [1.165, 1.54) is 14.2 Å². The molecule has 0 saturated heterocycles. The molecule has 2 rings (SSSR count). The van der Waals surface area contributed by atoms with E-state index in [9.17, 15) is 9.90 Å². The summed E-state index contributed by atoms with van der Waals surface area (Å²) in [5.74, 6) is 1.42. The lowest BCUT2D eigenvalue weighted by Gasteiger charge is -2.15. The molecule has 1 unspecified atom stereocenters. The van der Waals surface area contributed by atoms with Gasteiger partial charge in [0, 0.05) is 12.1 Å². The van der Waals surface area contributed by atoms with Gasteiger partial charge >= 0.3 is 0 Å². The lowest BCUT2D eigenvalue weighted by atomic mass is 10.2. The molecule has 6 nitrogen and oxygen atoms in total. The number of rotatable bonds is 8. The molecule has 0 fully saturated rings. The standard InChI is InChI=1S/C19H23NO5/c1-13-6-4-5-7-16(13)25-12-15(21)11-20-19(22)14-8-9-17(23-2)18(10-14)24-3/h4-10,15,21H,11-12H2,1-3H3,(H,20,22). The van der Waals surface area contributed by atoms with Crippen LogP contribution in [0.15, 0.2) is 42.5 Å². The maximum absolute atomic E-state index is 12.2. The number of carbonyl (C=O) groups excluding carboxylic acids is 1. The van der Waals surface area contributed by atoms with Crippen molar-refractivity contribution in [2.45, 2.75) is 13.0 Å². The summed E-state index contributed by atoms with van der Waals surface area (Å²) in [6.07, 6.45) is -0.816. The lowest BCUT2D eigenvalue weighted by molar-refractivity contribution is 0.0842. The molecule has 0 bridgehead atoms. The molecule has 0 spiro atoms. The molecule has 0 radical (unpaired) electrons. The molecular weight excluding hydrogens is 322 g/mol. The Hall–Kier alpha value is -2.73. The fourth-order valence-electron chi connectivity index (χ4n) is 2.25. The number of amides is 1. The molecule has 1 amide bonds. The van der Waals surface area contributed by atoms with E-state index in [-0.39, 0.29) is 19.1 Å². The number of aliphatic hydroxyl groups excluding tert-OH is 1. The normalized spacial score (nSPS) is 11.5. The predicted molar refractivity (Wildman–Crippen MR) is 94.6 cm³/mol. The molecule has 0 saturated carbocycles. The minimum atomic E-state index is -0.816. The molecule has 2 N–H and O–H groups in total. The second-order valence-electron chi connectivity index (χ2n) is 5.51. The lowest BCUT2D eigenvalue weighted by Crippen LogP contribution is -2.35. The van der Waals surface area contributed by atoms with E-state index >= 15 is 0 Å². The van der Waals surface area contributed by atoms with Crippen LogP contribution in [0.25, 0.3) is 0 Å². The number of methoxy groups -OCH3 is 2. The van der Waals surface area contributed by atoms with E-state index in [0.29, 0.717) is 22.8 Å². The van der Waals surface area contributed by atoms with Gasteiger partial charge in [0.25, 0.3) is 5.91 Å². The second kappa shape index (κ2) is 8.94. The summed E-state index contributed by atoms with van der Waals surface area (Å²) >= 11 is 0. The smallest absolute Gasteiger partial charge is 0.251 e. The van der Waals surface area contributed by atoms with Crippen LogP contribution in [0, 0.1) is 6.92 Å². The first kappa shape index (κ1) is 18.6. The summed E-state index contributed by atoms with van der Waals surface area (Å²) in [5, 5.41) is 12.7. The molecule has 0 aromatic heterocycles. The second-order valence-corrected chi connectivity index (χ2v) is 5.51. The van der Waals surface area contributed by atoms with Crippen LogP contribution in [0.2, 0.25) is 0 Å². The van der Waals surface area contributed by atoms with Gasteiger partial charge in [0.05, 0.1) is 14.2 Å². The Morgan fingerprint density at radius 2 is 1.80 bits per heavy atom. The van der Waals surface area contributed by atoms with Crippen molar-refractivity contribution < 1.29 is 24.1 Å². The van der Waals surface area contributed by atoms with Gasteiger partial charge in [-0.05, 0) is 36.8 Å². The Balaban J connectivity index is 1.86. The van der Waals surface area contributed by atoms with Gasteiger partial charge in [-0.3, -0.25) is 4.79 Å². The van der Waals surface area contributed by atoms with Crippen LogP contribution in [0.3, 0.4) is 0 Å². The maximum atomic E-state index is 12.2. The highest BCUT2D eigenvalue weighted by molar-refractivity contribution is 5.94. The molecule has 0 heterocycles. The van der Waals surface area contributed by atoms with Crippen molar-refractivity contribution in [1.82, 2.24) is 5.32 Å². The first-order valence-electron chi connectivity index (χ1n) is 7.92. The van der Waals surface area contributed by atoms with Gasteiger partial charge < -0.3 is 24.6 Å². The Bertz CT molecular complexity index is 717. The van der Waals surface area contributed by atoms with Crippen LogP contribution in [-0.4, -0.2) is 44.5 Å². The Kier molecular flexibility index (Phi) is 6.65. The number of para-hydroxylation sites is 1. The molecular formula is C19H23NO5. The molecule has 6 heteroatoms. The van der Waals surface area contributed by atoms with Gasteiger partial charge in [-0.15, -0.1) is 0 Å². The number of ether oxygens (including phenoxy) is 3. The first-order chi connectivity index (χ1) is 12.0. The van der Waals surface area contributed by atoms with E-state index in [2.05, 4.69) is 5.32 Å². The number of aryl methyl sites for hydroxylation is 1. The van der Waals surface area contributed by atoms with Crippen molar-refractivity contribution in [1.29, 1.82) is 0 Å².